The van der Waals surface area contributed by atoms with Crippen LogP contribution in [0.3, 0.4) is 0 Å². The van der Waals surface area contributed by atoms with E-state index in [1.54, 1.807) is 48.5 Å². The average Bonchev–Trinajstić information content (AvgIpc) is 2.87. The summed E-state index contributed by atoms with van der Waals surface area (Å²) < 4.78 is 6.25. The van der Waals surface area contributed by atoms with Gasteiger partial charge < -0.3 is 25.4 Å². The lowest BCUT2D eigenvalue weighted by Gasteiger charge is -2.18. The van der Waals surface area contributed by atoms with Crippen molar-refractivity contribution in [3.05, 3.63) is 76.2 Å². The Bertz CT molecular complexity index is 1240. The fraction of sp³-hybridized carbons (Fsp3) is 0.280. The number of carbonyl (C=O) groups is 2. The zero-order chi connectivity index (χ0) is 25.4. The summed E-state index contributed by atoms with van der Waals surface area (Å²) in [5, 5.41) is 19.7. The van der Waals surface area contributed by atoms with Gasteiger partial charge in [-0.05, 0) is 49.5 Å². The number of ether oxygens (including phenoxy) is 1. The number of amides is 2. The van der Waals surface area contributed by atoms with E-state index < -0.39 is 17.2 Å². The monoisotopic (exact) mass is 479 g/mol. The lowest BCUT2D eigenvalue weighted by Crippen LogP contribution is -2.34. The summed E-state index contributed by atoms with van der Waals surface area (Å²) in [6.07, 6.45) is 0. The SMILES string of the molecule is CCN(CC)CCNC(=O)c1ccc(NC(=O)c2nn(-c3ccccc3OC)c(=O)cc2O)cc1. The lowest BCUT2D eigenvalue weighted by molar-refractivity contribution is 0.0948. The van der Waals surface area contributed by atoms with E-state index >= 15 is 0 Å². The molecule has 0 unspecified atom stereocenters. The second-order valence-corrected chi connectivity index (χ2v) is 7.61. The van der Waals surface area contributed by atoms with Gasteiger partial charge in [0.1, 0.15) is 11.4 Å². The number of nitrogens with one attached hydrogen (secondary N) is 2. The number of carbonyl (C=O) groups excluding carboxylic acids is 2. The molecular formula is C25H29N5O5. The first-order valence-electron chi connectivity index (χ1n) is 11.3. The molecule has 2 aromatic carbocycles. The van der Waals surface area contributed by atoms with Crippen LogP contribution in [-0.2, 0) is 0 Å². The van der Waals surface area contributed by atoms with Gasteiger partial charge in [-0.25, -0.2) is 0 Å². The molecule has 0 aliphatic rings. The van der Waals surface area contributed by atoms with E-state index in [0.29, 0.717) is 29.2 Å². The summed E-state index contributed by atoms with van der Waals surface area (Å²) in [6.45, 7) is 7.27. The topological polar surface area (TPSA) is 126 Å². The number of likely N-dealkylation sites (N-methyl/N-ethyl adjacent to an activating group) is 1. The molecule has 0 aliphatic carbocycles. The first-order valence-corrected chi connectivity index (χ1v) is 11.3. The molecule has 0 fully saturated rings. The molecule has 10 nitrogen and oxygen atoms in total. The highest BCUT2D eigenvalue weighted by molar-refractivity contribution is 6.04. The third-order valence-electron chi connectivity index (χ3n) is 5.45. The molecule has 0 saturated heterocycles. The Balaban J connectivity index is 1.72. The number of rotatable bonds is 10. The Labute approximate surface area is 203 Å². The van der Waals surface area contributed by atoms with Crippen molar-refractivity contribution in [2.45, 2.75) is 13.8 Å². The number of nitrogens with zero attached hydrogens (tertiary/aromatic N) is 3. The van der Waals surface area contributed by atoms with Crippen LogP contribution in [0.5, 0.6) is 11.5 Å². The van der Waals surface area contributed by atoms with Gasteiger partial charge in [-0.1, -0.05) is 26.0 Å². The van der Waals surface area contributed by atoms with Gasteiger partial charge in [0.15, 0.2) is 11.4 Å². The number of para-hydroxylation sites is 2. The van der Waals surface area contributed by atoms with Crippen LogP contribution in [0.1, 0.15) is 34.7 Å². The highest BCUT2D eigenvalue weighted by Gasteiger charge is 2.19. The molecule has 0 atom stereocenters. The van der Waals surface area contributed by atoms with Crippen molar-refractivity contribution in [1.82, 2.24) is 20.0 Å². The predicted molar refractivity (Wildman–Crippen MR) is 133 cm³/mol. The van der Waals surface area contributed by atoms with Crippen molar-refractivity contribution >= 4 is 17.5 Å². The Hall–Kier alpha value is -4.18. The molecule has 1 heterocycles. The number of benzene rings is 2. The minimum absolute atomic E-state index is 0.210. The van der Waals surface area contributed by atoms with E-state index in [2.05, 4.69) is 34.5 Å². The standard InChI is InChI=1S/C25H29N5O5/c1-4-29(5-2)15-14-26-24(33)17-10-12-18(13-11-17)27-25(34)23-20(31)16-22(32)30(28-23)19-8-6-7-9-21(19)35-3/h6-13,16,31H,4-5,14-15H2,1-3H3,(H,26,33)(H,27,34). The van der Waals surface area contributed by atoms with E-state index in [9.17, 15) is 19.5 Å². The van der Waals surface area contributed by atoms with Crippen LogP contribution < -0.4 is 20.9 Å². The second kappa shape index (κ2) is 11.8. The second-order valence-electron chi connectivity index (χ2n) is 7.61. The lowest BCUT2D eigenvalue weighted by atomic mass is 10.2. The zero-order valence-corrected chi connectivity index (χ0v) is 19.9. The third kappa shape index (κ3) is 6.24. The number of anilines is 1. The predicted octanol–water partition coefficient (Wildman–Crippen LogP) is 2.27. The fourth-order valence-corrected chi connectivity index (χ4v) is 3.45. The van der Waals surface area contributed by atoms with Crippen molar-refractivity contribution in [2.24, 2.45) is 0 Å². The Morgan fingerprint density at radius 1 is 1.06 bits per heavy atom. The number of hydrogen-bond acceptors (Lipinski definition) is 7. The average molecular weight is 480 g/mol. The smallest absolute Gasteiger partial charge is 0.279 e. The number of aromatic nitrogens is 2. The molecule has 3 aromatic rings. The van der Waals surface area contributed by atoms with Crippen LogP contribution in [0.15, 0.2) is 59.4 Å². The van der Waals surface area contributed by atoms with Crippen LogP contribution in [0.2, 0.25) is 0 Å². The molecule has 1 aromatic heterocycles. The first-order chi connectivity index (χ1) is 16.9. The number of hydrogen-bond donors (Lipinski definition) is 3. The number of aromatic hydroxyl groups is 1. The summed E-state index contributed by atoms with van der Waals surface area (Å²) in [6, 6.07) is 13.9. The van der Waals surface area contributed by atoms with Gasteiger partial charge in [-0.15, -0.1) is 0 Å². The largest absolute Gasteiger partial charge is 0.505 e. The molecule has 35 heavy (non-hydrogen) atoms. The minimum Gasteiger partial charge on any atom is -0.505 e. The van der Waals surface area contributed by atoms with Gasteiger partial charge in [-0.2, -0.15) is 9.78 Å². The minimum atomic E-state index is -0.720. The van der Waals surface area contributed by atoms with Crippen LogP contribution in [0.4, 0.5) is 5.69 Å². The van der Waals surface area contributed by atoms with Gasteiger partial charge in [0.2, 0.25) is 0 Å². The molecular weight excluding hydrogens is 450 g/mol. The van der Waals surface area contributed by atoms with Gasteiger partial charge in [-0.3, -0.25) is 14.4 Å². The Kier molecular flexibility index (Phi) is 8.58. The van der Waals surface area contributed by atoms with Gasteiger partial charge in [0.05, 0.1) is 7.11 Å². The highest BCUT2D eigenvalue weighted by Crippen LogP contribution is 2.22. The maximum atomic E-state index is 12.8. The molecule has 0 aliphatic heterocycles. The molecule has 0 saturated carbocycles. The Morgan fingerprint density at radius 3 is 2.40 bits per heavy atom. The summed E-state index contributed by atoms with van der Waals surface area (Å²) in [4.78, 5) is 39.8. The Morgan fingerprint density at radius 2 is 1.74 bits per heavy atom. The molecule has 0 bridgehead atoms. The first kappa shape index (κ1) is 25.4. The molecule has 0 spiro atoms. The van der Waals surface area contributed by atoms with E-state index in [4.69, 9.17) is 4.74 Å². The molecule has 0 radical (unpaired) electrons. The van der Waals surface area contributed by atoms with Crippen LogP contribution in [0.25, 0.3) is 5.69 Å². The molecule has 3 N–H and O–H groups in total. The van der Waals surface area contributed by atoms with E-state index in [1.807, 2.05) is 0 Å². The highest BCUT2D eigenvalue weighted by atomic mass is 16.5. The molecule has 3 rings (SSSR count). The number of methoxy groups -OCH3 is 1. The van der Waals surface area contributed by atoms with Crippen molar-refractivity contribution in [3.8, 4) is 17.2 Å². The zero-order valence-electron chi connectivity index (χ0n) is 19.9. The van der Waals surface area contributed by atoms with Crippen LogP contribution >= 0.6 is 0 Å². The molecule has 10 heteroatoms. The molecule has 2 amide bonds. The van der Waals surface area contributed by atoms with Crippen LogP contribution in [-0.4, -0.2) is 64.9 Å². The van der Waals surface area contributed by atoms with Crippen molar-refractivity contribution < 1.29 is 19.4 Å². The van der Waals surface area contributed by atoms with Crippen LogP contribution in [0, 0.1) is 0 Å². The quantitative estimate of drug-likeness (QED) is 0.407. The van der Waals surface area contributed by atoms with Crippen molar-refractivity contribution in [2.75, 3.05) is 38.6 Å². The third-order valence-corrected chi connectivity index (χ3v) is 5.45. The van der Waals surface area contributed by atoms with E-state index in [1.165, 1.54) is 7.11 Å². The molecule has 184 valence electrons. The van der Waals surface area contributed by atoms with Crippen molar-refractivity contribution in [1.29, 1.82) is 0 Å². The van der Waals surface area contributed by atoms with Gasteiger partial charge >= 0.3 is 0 Å². The van der Waals surface area contributed by atoms with Crippen molar-refractivity contribution in [3.63, 3.8) is 0 Å². The summed E-state index contributed by atoms with van der Waals surface area (Å²) in [5.41, 5.74) is 0.207. The van der Waals surface area contributed by atoms with E-state index in [-0.39, 0.29) is 11.6 Å². The summed E-state index contributed by atoms with van der Waals surface area (Å²) in [5.74, 6) is -1.10. The van der Waals surface area contributed by atoms with E-state index in [0.717, 1.165) is 30.4 Å². The normalized spacial score (nSPS) is 10.7. The summed E-state index contributed by atoms with van der Waals surface area (Å²) >= 11 is 0. The maximum Gasteiger partial charge on any atom is 0.279 e. The fourth-order valence-electron chi connectivity index (χ4n) is 3.45. The van der Waals surface area contributed by atoms with Gasteiger partial charge in [0, 0.05) is 30.4 Å². The van der Waals surface area contributed by atoms with Gasteiger partial charge in [0.25, 0.3) is 17.4 Å². The maximum absolute atomic E-state index is 12.8. The summed E-state index contributed by atoms with van der Waals surface area (Å²) in [7, 11) is 1.45.